The van der Waals surface area contributed by atoms with Gasteiger partial charge < -0.3 is 10.2 Å². The van der Waals surface area contributed by atoms with Crippen LogP contribution in [-0.4, -0.2) is 21.4 Å². The van der Waals surface area contributed by atoms with E-state index in [0.717, 1.165) is 49.7 Å². The van der Waals surface area contributed by atoms with E-state index in [1.807, 2.05) is 57.7 Å². The molecular formula is C34H40N2O2. The van der Waals surface area contributed by atoms with Crippen molar-refractivity contribution in [2.75, 3.05) is 0 Å². The van der Waals surface area contributed by atoms with Crippen molar-refractivity contribution in [3.05, 3.63) is 107 Å². The number of aromatic hydroxyl groups is 1. The van der Waals surface area contributed by atoms with Gasteiger partial charge in [0.2, 0.25) is 0 Å². The fourth-order valence-electron chi connectivity index (χ4n) is 4.61. The summed E-state index contributed by atoms with van der Waals surface area (Å²) in [6.45, 7) is 14.6. The fourth-order valence-corrected chi connectivity index (χ4v) is 4.61. The molecule has 0 aliphatic rings. The summed E-state index contributed by atoms with van der Waals surface area (Å²) in [4.78, 5) is 9.06. The maximum absolute atomic E-state index is 10.1. The number of fused-ring (bicyclic) bond motifs is 1. The number of aliphatic hydroxyl groups is 1. The van der Waals surface area contributed by atoms with Gasteiger partial charge in [-0.05, 0) is 83.7 Å². The van der Waals surface area contributed by atoms with Gasteiger partial charge in [0.15, 0.2) is 0 Å². The van der Waals surface area contributed by atoms with Crippen LogP contribution in [0.25, 0.3) is 21.9 Å². The molecule has 0 fully saturated rings. The molecule has 38 heavy (non-hydrogen) atoms. The van der Waals surface area contributed by atoms with Crippen molar-refractivity contribution in [3.8, 4) is 16.9 Å². The first-order chi connectivity index (χ1) is 18.2. The van der Waals surface area contributed by atoms with Crippen molar-refractivity contribution in [1.29, 1.82) is 0 Å². The maximum Gasteiger partial charge on any atom is 0.116 e. The number of aliphatic imine (C=N–C) groups is 1. The third-order valence-electron chi connectivity index (χ3n) is 7.03. The van der Waals surface area contributed by atoms with Crippen LogP contribution in [0.15, 0.2) is 89.8 Å². The largest absolute Gasteiger partial charge is 0.508 e. The van der Waals surface area contributed by atoms with Crippen molar-refractivity contribution in [1.82, 2.24) is 4.98 Å². The van der Waals surface area contributed by atoms with E-state index in [2.05, 4.69) is 74.1 Å². The van der Waals surface area contributed by atoms with E-state index in [1.54, 1.807) is 12.1 Å². The summed E-state index contributed by atoms with van der Waals surface area (Å²) in [7, 11) is 0. The van der Waals surface area contributed by atoms with Gasteiger partial charge in [-0.25, -0.2) is 0 Å². The van der Waals surface area contributed by atoms with Gasteiger partial charge in [0.25, 0.3) is 0 Å². The first kappa shape index (κ1) is 28.8. The third-order valence-corrected chi connectivity index (χ3v) is 7.03. The van der Waals surface area contributed by atoms with E-state index in [0.29, 0.717) is 5.92 Å². The molecule has 4 heteroatoms. The first-order valence-electron chi connectivity index (χ1n) is 13.3. The van der Waals surface area contributed by atoms with Gasteiger partial charge in [0.05, 0.1) is 6.61 Å². The number of phenols is 1. The Labute approximate surface area is 227 Å². The third kappa shape index (κ3) is 6.03. The molecule has 2 N–H and O–H groups in total. The molecule has 0 bridgehead atoms. The van der Waals surface area contributed by atoms with Crippen LogP contribution in [0, 0.1) is 12.8 Å². The van der Waals surface area contributed by atoms with Crippen molar-refractivity contribution < 1.29 is 10.2 Å². The monoisotopic (exact) mass is 508 g/mol. The number of aryl methyl sites for hydroxylation is 1. The highest BCUT2D eigenvalue weighted by molar-refractivity contribution is 5.96. The molecule has 0 aliphatic carbocycles. The number of nitrogens with zero attached hydrogens (tertiary/aromatic N) is 2. The molecule has 0 amide bonds. The van der Waals surface area contributed by atoms with Gasteiger partial charge >= 0.3 is 0 Å². The van der Waals surface area contributed by atoms with E-state index in [-0.39, 0.29) is 12.4 Å². The molecule has 0 saturated heterocycles. The van der Waals surface area contributed by atoms with Crippen molar-refractivity contribution in [2.24, 2.45) is 10.9 Å². The minimum Gasteiger partial charge on any atom is -0.508 e. The molecule has 3 aromatic carbocycles. The number of pyridine rings is 1. The number of hydrogen-bond acceptors (Lipinski definition) is 4. The Kier molecular flexibility index (Phi) is 9.60. The summed E-state index contributed by atoms with van der Waals surface area (Å²) in [5.74, 6) is 0.585. The van der Waals surface area contributed by atoms with Gasteiger partial charge in [-0.2, -0.15) is 0 Å². The Morgan fingerprint density at radius 3 is 2.39 bits per heavy atom. The molecule has 4 aromatic rings. The lowest BCUT2D eigenvalue weighted by Gasteiger charge is -2.33. The number of allylic oxidation sites excluding steroid dienone is 1. The number of phenolic OH excluding ortho intramolecular Hbond substituents is 1. The zero-order valence-corrected chi connectivity index (χ0v) is 23.7. The zero-order chi connectivity index (χ0) is 27.9. The highest BCUT2D eigenvalue weighted by atomic mass is 16.3. The lowest BCUT2D eigenvalue weighted by Crippen LogP contribution is -2.25. The van der Waals surface area contributed by atoms with E-state index in [1.165, 1.54) is 0 Å². The zero-order valence-electron chi connectivity index (χ0n) is 23.7. The van der Waals surface area contributed by atoms with E-state index >= 15 is 0 Å². The standard InChI is InChI=1S/C32H34N2O2.C2H6/c1-21(2)16-33-17-23(4)32(5,27-11-9-22(3)26(13-27)20-35)28-12-10-25-18-34-19-31(30(25)15-28)24-7-6-8-29(36)14-24;1-2/h6-19,21,35-36H,20H2,1-5H3;1-2H3/b23-17+,33-16?;. The summed E-state index contributed by atoms with van der Waals surface area (Å²) >= 11 is 0. The molecule has 198 valence electrons. The van der Waals surface area contributed by atoms with Gasteiger partial charge in [0.1, 0.15) is 5.75 Å². The lowest BCUT2D eigenvalue weighted by atomic mass is 9.70. The number of aromatic nitrogens is 1. The van der Waals surface area contributed by atoms with Crippen molar-refractivity contribution >= 4 is 17.0 Å². The van der Waals surface area contributed by atoms with Gasteiger partial charge in [-0.1, -0.05) is 70.2 Å². The molecule has 1 unspecified atom stereocenters. The van der Waals surface area contributed by atoms with Crippen LogP contribution in [0.5, 0.6) is 5.75 Å². The second-order valence-electron chi connectivity index (χ2n) is 9.95. The maximum atomic E-state index is 10.1. The Bertz CT molecular complexity index is 1450. The normalized spacial score (nSPS) is 13.4. The fraction of sp³-hybridized carbons (Fsp3) is 0.294. The van der Waals surface area contributed by atoms with Crippen LogP contribution >= 0.6 is 0 Å². The van der Waals surface area contributed by atoms with Gasteiger partial charge in [0, 0.05) is 41.2 Å². The summed E-state index contributed by atoms with van der Waals surface area (Å²) < 4.78 is 0. The number of rotatable bonds is 7. The summed E-state index contributed by atoms with van der Waals surface area (Å²) in [6, 6.07) is 20.1. The Hall–Kier alpha value is -3.76. The molecule has 1 heterocycles. The molecule has 4 nitrogen and oxygen atoms in total. The van der Waals surface area contributed by atoms with Crippen LogP contribution in [0.3, 0.4) is 0 Å². The average molecular weight is 509 g/mol. The predicted molar refractivity (Wildman–Crippen MR) is 161 cm³/mol. The Morgan fingerprint density at radius 1 is 1.00 bits per heavy atom. The van der Waals surface area contributed by atoms with Crippen LogP contribution < -0.4 is 0 Å². The SMILES string of the molecule is C/C(=C\N=CC(C)C)C(C)(c1ccc(C)c(CO)c1)c1ccc2cncc(-c3cccc(O)c3)c2c1.CC. The minimum atomic E-state index is -0.487. The molecule has 4 rings (SSSR count). The molecule has 0 radical (unpaired) electrons. The average Bonchev–Trinajstić information content (AvgIpc) is 2.93. The minimum absolute atomic E-state index is 0.00491. The van der Waals surface area contributed by atoms with Crippen LogP contribution in [0.4, 0.5) is 0 Å². The van der Waals surface area contributed by atoms with Gasteiger partial charge in [-0.3, -0.25) is 9.98 Å². The Balaban J connectivity index is 0.00000195. The van der Waals surface area contributed by atoms with Crippen molar-refractivity contribution in [3.63, 3.8) is 0 Å². The summed E-state index contributed by atoms with van der Waals surface area (Å²) in [6.07, 6.45) is 7.62. The highest BCUT2D eigenvalue weighted by Crippen LogP contribution is 2.42. The topological polar surface area (TPSA) is 65.7 Å². The van der Waals surface area contributed by atoms with Crippen LogP contribution in [0.1, 0.15) is 63.8 Å². The number of hydrogen-bond donors (Lipinski definition) is 2. The van der Waals surface area contributed by atoms with E-state index < -0.39 is 5.41 Å². The predicted octanol–water partition coefficient (Wildman–Crippen LogP) is 8.37. The summed E-state index contributed by atoms with van der Waals surface area (Å²) in [5.41, 5.74) is 6.69. The van der Waals surface area contributed by atoms with Crippen molar-refractivity contribution in [2.45, 2.75) is 60.5 Å². The lowest BCUT2D eigenvalue weighted by molar-refractivity contribution is 0.281. The molecule has 0 aliphatic heterocycles. The molecule has 0 spiro atoms. The molecule has 1 aromatic heterocycles. The second-order valence-corrected chi connectivity index (χ2v) is 9.95. The Morgan fingerprint density at radius 2 is 1.71 bits per heavy atom. The van der Waals surface area contributed by atoms with Crippen LogP contribution in [-0.2, 0) is 12.0 Å². The van der Waals surface area contributed by atoms with E-state index in [4.69, 9.17) is 0 Å². The summed E-state index contributed by atoms with van der Waals surface area (Å²) in [5, 5.41) is 22.2. The van der Waals surface area contributed by atoms with E-state index in [9.17, 15) is 10.2 Å². The smallest absolute Gasteiger partial charge is 0.116 e. The quantitative estimate of drug-likeness (QED) is 0.246. The van der Waals surface area contributed by atoms with Gasteiger partial charge in [-0.15, -0.1) is 0 Å². The second kappa shape index (κ2) is 12.7. The molecule has 1 atom stereocenters. The number of benzene rings is 3. The molecular weight excluding hydrogens is 468 g/mol. The highest BCUT2D eigenvalue weighted by Gasteiger charge is 2.32. The number of aliphatic hydroxyl groups excluding tert-OH is 1. The van der Waals surface area contributed by atoms with Crippen LogP contribution in [0.2, 0.25) is 0 Å². The first-order valence-corrected chi connectivity index (χ1v) is 13.3. The molecule has 0 saturated carbocycles.